The van der Waals surface area contributed by atoms with Gasteiger partial charge in [0.15, 0.2) is 0 Å². The number of anilines is 1. The Morgan fingerprint density at radius 3 is 1.91 bits per heavy atom. The molecular weight excluding hydrogens is 354 g/mol. The Labute approximate surface area is 143 Å². The molecule has 118 valence electrons. The third kappa shape index (κ3) is 1.65. The van der Waals surface area contributed by atoms with Gasteiger partial charge in [-0.25, -0.2) is 4.90 Å². The maximum absolute atomic E-state index is 13.2. The van der Waals surface area contributed by atoms with E-state index in [9.17, 15) is 9.59 Å². The SMILES string of the molecule is Cc1cc(Br)cc(C)c1N1C(=O)[C@H]2[C@@H]3C=C[C@H]([C@@H]4C[C@H]34)[C@@H]2C1=O. The molecule has 0 spiro atoms. The Morgan fingerprint density at radius 1 is 0.957 bits per heavy atom. The minimum absolute atomic E-state index is 0.0261. The van der Waals surface area contributed by atoms with Crippen LogP contribution in [0.3, 0.4) is 0 Å². The third-order valence-electron chi connectivity index (χ3n) is 6.34. The van der Waals surface area contributed by atoms with Crippen LogP contribution in [0.5, 0.6) is 0 Å². The van der Waals surface area contributed by atoms with Crippen molar-refractivity contribution < 1.29 is 9.59 Å². The maximum atomic E-state index is 13.2. The molecule has 2 bridgehead atoms. The molecule has 0 aromatic heterocycles. The van der Waals surface area contributed by atoms with Crippen molar-refractivity contribution in [3.05, 3.63) is 39.9 Å². The summed E-state index contributed by atoms with van der Waals surface area (Å²) in [5.41, 5.74) is 2.75. The van der Waals surface area contributed by atoms with Crippen LogP contribution in [0, 0.1) is 49.4 Å². The molecule has 3 nitrogen and oxygen atoms in total. The molecule has 2 amide bonds. The first-order valence-electron chi connectivity index (χ1n) is 8.32. The molecule has 1 aromatic rings. The lowest BCUT2D eigenvalue weighted by Gasteiger charge is -2.37. The lowest BCUT2D eigenvalue weighted by atomic mass is 9.63. The number of nitrogens with zero attached hydrogens (tertiary/aromatic N) is 1. The fourth-order valence-corrected chi connectivity index (χ4v) is 6.12. The number of benzene rings is 1. The predicted molar refractivity (Wildman–Crippen MR) is 90.8 cm³/mol. The van der Waals surface area contributed by atoms with Crippen molar-refractivity contribution in [2.75, 3.05) is 4.90 Å². The summed E-state index contributed by atoms with van der Waals surface area (Å²) < 4.78 is 0.982. The van der Waals surface area contributed by atoms with Gasteiger partial charge in [-0.05, 0) is 67.2 Å². The van der Waals surface area contributed by atoms with E-state index in [-0.39, 0.29) is 35.5 Å². The Hall–Kier alpha value is -1.42. The molecule has 1 aliphatic heterocycles. The van der Waals surface area contributed by atoms with Crippen molar-refractivity contribution in [2.24, 2.45) is 35.5 Å². The van der Waals surface area contributed by atoms with Crippen LogP contribution in [0.15, 0.2) is 28.8 Å². The second-order valence-corrected chi connectivity index (χ2v) is 8.47. The summed E-state index contributed by atoms with van der Waals surface area (Å²) in [6.45, 7) is 3.94. The van der Waals surface area contributed by atoms with Crippen molar-refractivity contribution >= 4 is 33.4 Å². The topological polar surface area (TPSA) is 37.4 Å². The average Bonchev–Trinajstić information content (AvgIpc) is 3.26. The minimum atomic E-state index is -0.122. The normalized spacial score (nSPS) is 39.7. The fourth-order valence-electron chi connectivity index (χ4n) is 5.43. The number of carbonyl (C=O) groups excluding carboxylic acids is 2. The zero-order valence-corrected chi connectivity index (χ0v) is 14.7. The molecule has 6 rings (SSSR count). The highest BCUT2D eigenvalue weighted by atomic mass is 79.9. The molecule has 0 unspecified atom stereocenters. The molecule has 0 radical (unpaired) electrons. The largest absolute Gasteiger partial charge is 0.274 e. The van der Waals surface area contributed by atoms with Gasteiger partial charge in [0.2, 0.25) is 11.8 Å². The van der Waals surface area contributed by atoms with Crippen LogP contribution in [0.25, 0.3) is 0 Å². The van der Waals surface area contributed by atoms with E-state index in [1.165, 1.54) is 11.3 Å². The molecule has 23 heavy (non-hydrogen) atoms. The van der Waals surface area contributed by atoms with Crippen LogP contribution in [0.2, 0.25) is 0 Å². The number of hydrogen-bond acceptors (Lipinski definition) is 2. The molecule has 0 N–H and O–H groups in total. The molecule has 6 atom stereocenters. The molecule has 4 aliphatic carbocycles. The molecule has 1 heterocycles. The van der Waals surface area contributed by atoms with Crippen LogP contribution in [0.1, 0.15) is 17.5 Å². The molecule has 4 heteroatoms. The van der Waals surface area contributed by atoms with Gasteiger partial charge in [-0.3, -0.25) is 9.59 Å². The number of hydrogen-bond donors (Lipinski definition) is 0. The van der Waals surface area contributed by atoms with Crippen LogP contribution in [-0.2, 0) is 9.59 Å². The highest BCUT2D eigenvalue weighted by molar-refractivity contribution is 9.10. The first kappa shape index (κ1) is 14.0. The van der Waals surface area contributed by atoms with Crippen LogP contribution in [-0.4, -0.2) is 11.8 Å². The van der Waals surface area contributed by atoms with Crippen molar-refractivity contribution in [3.63, 3.8) is 0 Å². The van der Waals surface area contributed by atoms with Crippen LogP contribution < -0.4 is 4.90 Å². The van der Waals surface area contributed by atoms with Gasteiger partial charge in [0.1, 0.15) is 0 Å². The van der Waals surface area contributed by atoms with Gasteiger partial charge in [-0.1, -0.05) is 28.1 Å². The molecule has 1 saturated heterocycles. The van der Waals surface area contributed by atoms with Gasteiger partial charge in [0, 0.05) is 4.47 Å². The van der Waals surface area contributed by atoms with Crippen molar-refractivity contribution in [1.82, 2.24) is 0 Å². The third-order valence-corrected chi connectivity index (χ3v) is 6.80. The van der Waals surface area contributed by atoms with Crippen LogP contribution >= 0.6 is 15.9 Å². The van der Waals surface area contributed by atoms with Crippen LogP contribution in [0.4, 0.5) is 5.69 Å². The van der Waals surface area contributed by atoms with Gasteiger partial charge in [0.25, 0.3) is 0 Å². The lowest BCUT2D eigenvalue weighted by Crippen LogP contribution is -2.40. The zero-order valence-electron chi connectivity index (χ0n) is 13.1. The summed E-state index contributed by atoms with van der Waals surface area (Å²) in [5, 5.41) is 0. The molecule has 2 saturated carbocycles. The van der Waals surface area contributed by atoms with Gasteiger partial charge in [-0.2, -0.15) is 0 Å². The Balaban J connectivity index is 1.63. The summed E-state index contributed by atoms with van der Waals surface area (Å²) in [4.78, 5) is 27.8. The first-order valence-corrected chi connectivity index (χ1v) is 9.11. The summed E-state index contributed by atoms with van der Waals surface area (Å²) >= 11 is 3.49. The summed E-state index contributed by atoms with van der Waals surface area (Å²) in [7, 11) is 0. The highest BCUT2D eigenvalue weighted by Gasteiger charge is 2.67. The molecule has 1 aromatic carbocycles. The summed E-state index contributed by atoms with van der Waals surface area (Å²) in [6, 6.07) is 3.96. The smallest absolute Gasteiger partial charge is 0.238 e. The number of halogens is 1. The molecular formula is C19H18BrNO2. The lowest BCUT2D eigenvalue weighted by molar-refractivity contribution is -0.124. The Kier molecular flexibility index (Phi) is 2.64. The standard InChI is InChI=1S/C19H18BrNO2/c1-8-5-10(20)6-9(2)17(8)21-18(22)15-11-3-4-12(14-7-13(11)14)16(15)19(21)23/h3-6,11-16H,7H2,1-2H3/t11-,12-,13-,14+,15+,16+/m1/s1. The van der Waals surface area contributed by atoms with Gasteiger partial charge in [0.05, 0.1) is 17.5 Å². The van der Waals surface area contributed by atoms with Gasteiger partial charge in [-0.15, -0.1) is 0 Å². The minimum Gasteiger partial charge on any atom is -0.274 e. The number of rotatable bonds is 1. The molecule has 3 fully saturated rings. The van der Waals surface area contributed by atoms with E-state index in [0.717, 1.165) is 21.3 Å². The second-order valence-electron chi connectivity index (χ2n) is 7.55. The Bertz CT molecular complexity index is 740. The average molecular weight is 372 g/mol. The van der Waals surface area contributed by atoms with Crippen molar-refractivity contribution in [1.29, 1.82) is 0 Å². The van der Waals surface area contributed by atoms with E-state index in [4.69, 9.17) is 0 Å². The van der Waals surface area contributed by atoms with E-state index in [1.807, 2.05) is 26.0 Å². The first-order chi connectivity index (χ1) is 11.0. The van der Waals surface area contributed by atoms with Gasteiger partial charge >= 0.3 is 0 Å². The highest BCUT2D eigenvalue weighted by Crippen LogP contribution is 2.65. The Morgan fingerprint density at radius 2 is 1.43 bits per heavy atom. The molecule has 5 aliphatic rings. The quantitative estimate of drug-likeness (QED) is 0.558. The van der Waals surface area contributed by atoms with E-state index in [2.05, 4.69) is 28.1 Å². The van der Waals surface area contributed by atoms with Gasteiger partial charge < -0.3 is 0 Å². The van der Waals surface area contributed by atoms with E-state index in [0.29, 0.717) is 11.8 Å². The van der Waals surface area contributed by atoms with E-state index < -0.39 is 0 Å². The maximum Gasteiger partial charge on any atom is 0.238 e. The summed E-state index contributed by atoms with van der Waals surface area (Å²) in [6.07, 6.45) is 5.64. The number of allylic oxidation sites excluding steroid dienone is 2. The number of carbonyl (C=O) groups is 2. The number of amides is 2. The predicted octanol–water partition coefficient (Wildman–Crippen LogP) is 3.62. The van der Waals surface area contributed by atoms with E-state index >= 15 is 0 Å². The van der Waals surface area contributed by atoms with Crippen molar-refractivity contribution in [2.45, 2.75) is 20.3 Å². The second kappa shape index (κ2) is 4.35. The summed E-state index contributed by atoms with van der Waals surface area (Å²) in [5.74, 6) is 1.67. The van der Waals surface area contributed by atoms with E-state index in [1.54, 1.807) is 0 Å². The number of aryl methyl sites for hydroxylation is 2. The van der Waals surface area contributed by atoms with Crippen molar-refractivity contribution in [3.8, 4) is 0 Å². The monoisotopic (exact) mass is 371 g/mol. The number of imide groups is 1. The fraction of sp³-hybridized carbons (Fsp3) is 0.474. The zero-order chi connectivity index (χ0) is 16.0.